The fourth-order valence-electron chi connectivity index (χ4n) is 1.02. The zero-order valence-electron chi connectivity index (χ0n) is 9.67. The van der Waals surface area contributed by atoms with E-state index in [2.05, 4.69) is 5.32 Å². The summed E-state index contributed by atoms with van der Waals surface area (Å²) in [4.78, 5) is 0. The van der Waals surface area contributed by atoms with E-state index >= 15 is 0 Å². The first-order valence-electron chi connectivity index (χ1n) is 5.29. The average molecular weight is 152 g/mol. The van der Waals surface area contributed by atoms with Crippen molar-refractivity contribution in [2.24, 2.45) is 0 Å². The molecule has 1 N–H and O–H groups in total. The van der Waals surface area contributed by atoms with E-state index in [0.717, 1.165) is 12.0 Å². The van der Waals surface area contributed by atoms with Crippen molar-refractivity contribution in [1.29, 1.82) is 0 Å². The minimum atomic E-state index is -2.05. The van der Waals surface area contributed by atoms with E-state index in [4.69, 9.17) is 4.11 Å². The van der Waals surface area contributed by atoms with E-state index in [1.54, 1.807) is 0 Å². The van der Waals surface area contributed by atoms with Gasteiger partial charge in [-0.3, -0.25) is 0 Å². The zero-order valence-corrected chi connectivity index (χ0v) is 6.67. The number of hydrogen-bond donors (Lipinski definition) is 1. The van der Waals surface area contributed by atoms with Gasteiger partial charge in [0, 0.05) is 10.2 Å². The highest BCUT2D eigenvalue weighted by atomic mass is 14.8. The first kappa shape index (κ1) is 4.94. The Morgan fingerprint density at radius 1 is 1.45 bits per heavy atom. The highest BCUT2D eigenvalue weighted by molar-refractivity contribution is 5.15. The number of rotatable bonds is 3. The van der Waals surface area contributed by atoms with E-state index in [-0.39, 0.29) is 6.04 Å². The van der Waals surface area contributed by atoms with Crippen LogP contribution in [0.2, 0.25) is 0 Å². The van der Waals surface area contributed by atoms with Gasteiger partial charge in [-0.15, -0.1) is 0 Å². The summed E-state index contributed by atoms with van der Waals surface area (Å²) < 4.78 is 21.2. The predicted octanol–water partition coefficient (Wildman–Crippen LogP) is 1.84. The first-order chi connectivity index (χ1) is 6.47. The third-order valence-corrected chi connectivity index (χ3v) is 1.63. The molecule has 0 aliphatic heterocycles. The molecule has 11 heavy (non-hydrogen) atoms. The second-order valence-electron chi connectivity index (χ2n) is 2.74. The monoisotopic (exact) mass is 152 g/mol. The van der Waals surface area contributed by atoms with Crippen LogP contribution in [0.15, 0.2) is 30.3 Å². The quantitative estimate of drug-likeness (QED) is 0.697. The van der Waals surface area contributed by atoms with Crippen molar-refractivity contribution in [3.8, 4) is 0 Å². The van der Waals surface area contributed by atoms with Gasteiger partial charge >= 0.3 is 0 Å². The van der Waals surface area contributed by atoms with Crippen LogP contribution in [-0.4, -0.2) is 13.0 Å². The molecule has 0 aromatic heterocycles. The van der Waals surface area contributed by atoms with Crippen molar-refractivity contribution in [2.75, 3.05) is 6.98 Å². The second-order valence-corrected chi connectivity index (χ2v) is 2.74. The maximum Gasteiger partial charge on any atom is 0.0391 e. The third kappa shape index (κ3) is 2.72. The molecule has 1 nitrogen and oxygen atoms in total. The van der Waals surface area contributed by atoms with E-state index in [1.165, 1.54) is 0 Å². The van der Waals surface area contributed by atoms with Crippen molar-refractivity contribution in [3.63, 3.8) is 0 Å². The number of likely N-dealkylation sites (N-methyl/N-ethyl adjacent to an activating group) is 1. The van der Waals surface area contributed by atoms with Crippen LogP contribution in [0.5, 0.6) is 0 Å². The van der Waals surface area contributed by atoms with Gasteiger partial charge in [-0.1, -0.05) is 30.3 Å². The largest absolute Gasteiger partial charge is 0.317 e. The van der Waals surface area contributed by atoms with Crippen LogP contribution in [-0.2, 0) is 6.42 Å². The lowest BCUT2D eigenvalue weighted by Gasteiger charge is -2.08. The number of nitrogens with one attached hydrogen (secondary N) is 1. The molecule has 1 aromatic carbocycles. The molecule has 0 unspecified atom stereocenters. The summed E-state index contributed by atoms with van der Waals surface area (Å²) in [6, 6.07) is 9.82. The summed E-state index contributed by atoms with van der Waals surface area (Å²) in [6.45, 7) is -0.173. The maximum absolute atomic E-state index is 7.05. The van der Waals surface area contributed by atoms with Crippen LogP contribution >= 0.6 is 0 Å². The molecule has 0 bridgehead atoms. The van der Waals surface area contributed by atoms with Gasteiger partial charge in [0.15, 0.2) is 0 Å². The lowest BCUT2D eigenvalue weighted by atomic mass is 10.1. The Labute approximate surface area is 72.7 Å². The van der Waals surface area contributed by atoms with Gasteiger partial charge < -0.3 is 5.32 Å². The fraction of sp³-hybridized carbons (Fsp3) is 0.400. The van der Waals surface area contributed by atoms with Crippen molar-refractivity contribution >= 4 is 0 Å². The van der Waals surface area contributed by atoms with Gasteiger partial charge in [-0.2, -0.15) is 0 Å². The standard InChI is InChI=1S/C10H15N/c1-9(11-2)8-10-6-4-3-5-7-10/h3-7,9,11H,8H2,1-2H3/t9-/m1/s1/i2D3. The van der Waals surface area contributed by atoms with Gasteiger partial charge in [0.2, 0.25) is 0 Å². The van der Waals surface area contributed by atoms with Gasteiger partial charge in [-0.25, -0.2) is 0 Å². The predicted molar refractivity (Wildman–Crippen MR) is 48.7 cm³/mol. The minimum absolute atomic E-state index is 0.0371. The smallest absolute Gasteiger partial charge is 0.0391 e. The Morgan fingerprint density at radius 2 is 2.18 bits per heavy atom. The van der Waals surface area contributed by atoms with Crippen molar-refractivity contribution in [3.05, 3.63) is 35.9 Å². The number of benzene rings is 1. The lowest BCUT2D eigenvalue weighted by molar-refractivity contribution is 0.608. The van der Waals surface area contributed by atoms with Gasteiger partial charge in [0.05, 0.1) is 0 Å². The normalized spacial score (nSPS) is 18.1. The van der Waals surface area contributed by atoms with Gasteiger partial charge in [-0.05, 0) is 25.9 Å². The van der Waals surface area contributed by atoms with Crippen molar-refractivity contribution in [1.82, 2.24) is 5.32 Å². The summed E-state index contributed by atoms with van der Waals surface area (Å²) in [5.41, 5.74) is 1.15. The molecule has 0 spiro atoms. The minimum Gasteiger partial charge on any atom is -0.317 e. The molecule has 0 aliphatic rings. The van der Waals surface area contributed by atoms with Crippen LogP contribution in [0.4, 0.5) is 0 Å². The Balaban J connectivity index is 2.46. The van der Waals surface area contributed by atoms with Crippen molar-refractivity contribution < 1.29 is 4.11 Å². The molecule has 1 atom stereocenters. The zero-order chi connectivity index (χ0) is 10.6. The summed E-state index contributed by atoms with van der Waals surface area (Å²) >= 11 is 0. The summed E-state index contributed by atoms with van der Waals surface area (Å²) in [5, 5.41) is 2.57. The van der Waals surface area contributed by atoms with Crippen molar-refractivity contribution in [2.45, 2.75) is 19.4 Å². The number of hydrogen-bond acceptors (Lipinski definition) is 1. The Hall–Kier alpha value is -0.820. The molecule has 1 heteroatoms. The average Bonchev–Trinajstić information content (AvgIpc) is 2.02. The van der Waals surface area contributed by atoms with Crippen LogP contribution < -0.4 is 5.32 Å². The van der Waals surface area contributed by atoms with E-state index in [9.17, 15) is 0 Å². The highest BCUT2D eigenvalue weighted by Gasteiger charge is 1.97. The van der Waals surface area contributed by atoms with Crippen LogP contribution in [0.25, 0.3) is 0 Å². The Morgan fingerprint density at radius 3 is 2.82 bits per heavy atom. The Bertz CT molecular complexity index is 268. The topological polar surface area (TPSA) is 12.0 Å². The first-order valence-corrected chi connectivity index (χ1v) is 3.79. The molecule has 60 valence electrons. The van der Waals surface area contributed by atoms with Crippen LogP contribution in [0.1, 0.15) is 16.6 Å². The molecular formula is C10H15N. The molecule has 0 heterocycles. The lowest BCUT2D eigenvalue weighted by Crippen LogP contribution is -2.23. The molecule has 0 saturated heterocycles. The maximum atomic E-state index is 7.05. The van der Waals surface area contributed by atoms with Crippen LogP contribution in [0.3, 0.4) is 0 Å². The van der Waals surface area contributed by atoms with E-state index < -0.39 is 6.98 Å². The molecule has 1 aromatic rings. The second kappa shape index (κ2) is 4.14. The third-order valence-electron chi connectivity index (χ3n) is 1.63. The fourth-order valence-corrected chi connectivity index (χ4v) is 1.02. The molecule has 0 aliphatic carbocycles. The molecule has 1 rings (SSSR count). The summed E-state index contributed by atoms with van der Waals surface area (Å²) in [7, 11) is 0. The molecular weight excluding hydrogens is 134 g/mol. The summed E-state index contributed by atoms with van der Waals surface area (Å²) in [6.07, 6.45) is 0.735. The molecule has 0 saturated carbocycles. The van der Waals surface area contributed by atoms with E-state index in [0.29, 0.717) is 0 Å². The van der Waals surface area contributed by atoms with Gasteiger partial charge in [0.1, 0.15) is 0 Å². The van der Waals surface area contributed by atoms with E-state index in [1.807, 2.05) is 37.3 Å². The molecule has 0 fully saturated rings. The van der Waals surface area contributed by atoms with Gasteiger partial charge in [0.25, 0.3) is 0 Å². The highest BCUT2D eigenvalue weighted by Crippen LogP contribution is 2.01. The van der Waals surface area contributed by atoms with Crippen LogP contribution in [0, 0.1) is 0 Å². The molecule has 0 radical (unpaired) electrons. The SMILES string of the molecule is [2H]C([2H])([2H])N[C@H](C)Cc1ccccc1. The summed E-state index contributed by atoms with van der Waals surface area (Å²) in [5.74, 6) is 0. The Kier molecular flexibility index (Phi) is 1.86. The molecule has 0 amide bonds.